The molecule has 0 aromatic heterocycles. The molecule has 2 unspecified atom stereocenters. The van der Waals surface area contributed by atoms with Crippen LogP contribution in [0, 0.1) is 11.3 Å². The summed E-state index contributed by atoms with van der Waals surface area (Å²) in [6, 6.07) is 1.81. The van der Waals surface area contributed by atoms with E-state index in [0.29, 0.717) is 0 Å². The van der Waals surface area contributed by atoms with Gasteiger partial charge in [0.15, 0.2) is 0 Å². The number of nitrogens with zero attached hydrogens (tertiary/aromatic N) is 1. The highest BCUT2D eigenvalue weighted by Gasteiger charge is 2.48. The summed E-state index contributed by atoms with van der Waals surface area (Å²) in [7, 11) is 0. The maximum atomic E-state index is 9.51. The van der Waals surface area contributed by atoms with Crippen LogP contribution >= 0.6 is 0 Å². The van der Waals surface area contributed by atoms with Crippen molar-refractivity contribution >= 4 is 0 Å². The molecule has 6 atom stereocenters. The minimum Gasteiger partial charge on any atom is -0.387 e. The zero-order chi connectivity index (χ0) is 12.3. The van der Waals surface area contributed by atoms with Gasteiger partial charge in [-0.2, -0.15) is 5.26 Å². The second-order valence-corrected chi connectivity index (χ2v) is 3.70. The Bertz CT molecular complexity index is 251. The van der Waals surface area contributed by atoms with Crippen LogP contribution in [-0.2, 0) is 4.74 Å². The van der Waals surface area contributed by atoms with E-state index in [4.69, 9.17) is 10.00 Å². The summed E-state index contributed by atoms with van der Waals surface area (Å²) >= 11 is 0. The number of rotatable bonds is 3. The van der Waals surface area contributed by atoms with Gasteiger partial charge in [-0.15, -0.1) is 0 Å². The lowest BCUT2D eigenvalue weighted by atomic mass is 9.85. The average Bonchev–Trinajstić information content (AvgIpc) is 2.28. The second-order valence-electron chi connectivity index (χ2n) is 3.70. The second kappa shape index (κ2) is 5.54. The van der Waals surface area contributed by atoms with Gasteiger partial charge in [-0.25, -0.2) is 0 Å². The van der Waals surface area contributed by atoms with Crippen LogP contribution in [0.2, 0.25) is 0 Å². The number of hydrogen-bond donors (Lipinski definition) is 5. The fourth-order valence-corrected chi connectivity index (χ4v) is 1.63. The van der Waals surface area contributed by atoms with Gasteiger partial charge in [0.05, 0.1) is 19.1 Å². The number of nitriles is 1. The van der Waals surface area contributed by atoms with Crippen molar-refractivity contribution in [1.29, 1.82) is 5.26 Å². The fourth-order valence-electron chi connectivity index (χ4n) is 1.63. The number of aliphatic hydroxyl groups is 5. The van der Waals surface area contributed by atoms with Gasteiger partial charge in [-0.3, -0.25) is 0 Å². The van der Waals surface area contributed by atoms with Crippen molar-refractivity contribution in [2.75, 3.05) is 6.61 Å². The van der Waals surface area contributed by atoms with Crippen molar-refractivity contribution in [2.24, 2.45) is 0 Å². The Kier molecular flexibility index (Phi) is 4.61. The molecule has 0 spiro atoms. The quantitative estimate of drug-likeness (QED) is 0.330. The van der Waals surface area contributed by atoms with Crippen LogP contribution in [0.3, 0.4) is 0 Å². The standard InChI is InChI=1S/C9H15NO6/c10-2-1-3-16-9-7(14)5(12)4(11)6(13)8(9)15/h4-9,11-15H,1,3H2/t4?,5-,6+,7-,8-,9?/m0/s1. The molecule has 0 radical (unpaired) electrons. The van der Waals surface area contributed by atoms with Crippen molar-refractivity contribution < 1.29 is 30.3 Å². The van der Waals surface area contributed by atoms with E-state index in [2.05, 4.69) is 0 Å². The van der Waals surface area contributed by atoms with Crippen LogP contribution in [0.25, 0.3) is 0 Å². The van der Waals surface area contributed by atoms with E-state index in [1.165, 1.54) is 0 Å². The summed E-state index contributed by atoms with van der Waals surface area (Å²) in [4.78, 5) is 0. The molecule has 1 saturated carbocycles. The normalized spacial score (nSPS) is 44.0. The van der Waals surface area contributed by atoms with Crippen molar-refractivity contribution in [1.82, 2.24) is 0 Å². The monoisotopic (exact) mass is 233 g/mol. The van der Waals surface area contributed by atoms with Gasteiger partial charge >= 0.3 is 0 Å². The molecule has 0 bridgehead atoms. The van der Waals surface area contributed by atoms with E-state index in [1.54, 1.807) is 6.07 Å². The van der Waals surface area contributed by atoms with Crippen LogP contribution in [0.5, 0.6) is 0 Å². The van der Waals surface area contributed by atoms with Crippen molar-refractivity contribution in [3.05, 3.63) is 0 Å². The Balaban J connectivity index is 2.64. The molecule has 0 aliphatic heterocycles. The lowest BCUT2D eigenvalue weighted by Gasteiger charge is -2.41. The first-order valence-corrected chi connectivity index (χ1v) is 4.89. The third-order valence-electron chi connectivity index (χ3n) is 2.60. The topological polar surface area (TPSA) is 134 Å². The minimum absolute atomic E-state index is 0.0369. The number of ether oxygens (including phenoxy) is 1. The smallest absolute Gasteiger partial charge is 0.115 e. The maximum Gasteiger partial charge on any atom is 0.115 e. The molecular formula is C9H15NO6. The molecule has 0 saturated heterocycles. The number of hydrogen-bond acceptors (Lipinski definition) is 7. The van der Waals surface area contributed by atoms with Crippen LogP contribution in [-0.4, -0.2) is 68.8 Å². The zero-order valence-corrected chi connectivity index (χ0v) is 8.47. The molecule has 1 aliphatic rings. The van der Waals surface area contributed by atoms with Crippen LogP contribution in [0.4, 0.5) is 0 Å². The SMILES string of the molecule is N#CCCOC1[C@@H](O)[C@H](O)C(O)[C@H](O)[C@@H]1O. The first kappa shape index (κ1) is 13.3. The van der Waals surface area contributed by atoms with E-state index >= 15 is 0 Å². The minimum atomic E-state index is -1.62. The summed E-state index contributed by atoms with van der Waals surface area (Å²) < 4.78 is 4.98. The highest BCUT2D eigenvalue weighted by Crippen LogP contribution is 2.23. The van der Waals surface area contributed by atoms with E-state index in [0.717, 1.165) is 0 Å². The summed E-state index contributed by atoms with van der Waals surface area (Å²) in [6.07, 6.45) is -8.98. The summed E-state index contributed by atoms with van der Waals surface area (Å²) in [5.74, 6) is 0. The largest absolute Gasteiger partial charge is 0.387 e. The van der Waals surface area contributed by atoms with Gasteiger partial charge in [0.2, 0.25) is 0 Å². The van der Waals surface area contributed by atoms with Crippen molar-refractivity contribution in [3.8, 4) is 6.07 Å². The zero-order valence-electron chi connectivity index (χ0n) is 8.47. The Morgan fingerprint density at radius 1 is 0.875 bits per heavy atom. The molecule has 92 valence electrons. The third-order valence-corrected chi connectivity index (χ3v) is 2.60. The first-order chi connectivity index (χ1) is 7.50. The fraction of sp³-hybridized carbons (Fsp3) is 0.889. The maximum absolute atomic E-state index is 9.51. The lowest BCUT2D eigenvalue weighted by Crippen LogP contribution is -2.64. The van der Waals surface area contributed by atoms with Gasteiger partial charge < -0.3 is 30.3 Å². The van der Waals surface area contributed by atoms with Crippen LogP contribution in [0.15, 0.2) is 0 Å². The van der Waals surface area contributed by atoms with Gasteiger partial charge in [-0.1, -0.05) is 0 Å². The molecular weight excluding hydrogens is 218 g/mol. The lowest BCUT2D eigenvalue weighted by molar-refractivity contribution is -0.234. The molecule has 16 heavy (non-hydrogen) atoms. The third kappa shape index (κ3) is 2.49. The Labute approximate surface area is 92.1 Å². The van der Waals surface area contributed by atoms with Crippen molar-refractivity contribution in [3.63, 3.8) is 0 Å². The van der Waals surface area contributed by atoms with E-state index in [-0.39, 0.29) is 13.0 Å². The predicted octanol–water partition coefficient (Wildman–Crippen LogP) is -2.90. The Morgan fingerprint density at radius 2 is 1.31 bits per heavy atom. The summed E-state index contributed by atoms with van der Waals surface area (Å²) in [6.45, 7) is -0.0369. The van der Waals surface area contributed by atoms with Crippen molar-refractivity contribution in [2.45, 2.75) is 43.0 Å². The van der Waals surface area contributed by atoms with Crippen LogP contribution in [0.1, 0.15) is 6.42 Å². The molecule has 7 nitrogen and oxygen atoms in total. The van der Waals surface area contributed by atoms with Gasteiger partial charge in [0, 0.05) is 0 Å². The molecule has 0 heterocycles. The Morgan fingerprint density at radius 3 is 1.75 bits per heavy atom. The average molecular weight is 233 g/mol. The molecule has 0 amide bonds. The Hall–Kier alpha value is -0.750. The highest BCUT2D eigenvalue weighted by molar-refractivity contribution is 4.99. The predicted molar refractivity (Wildman–Crippen MR) is 50.0 cm³/mol. The van der Waals surface area contributed by atoms with Gasteiger partial charge in [0.25, 0.3) is 0 Å². The molecule has 0 aromatic carbocycles. The van der Waals surface area contributed by atoms with Crippen LogP contribution < -0.4 is 0 Å². The van der Waals surface area contributed by atoms with Gasteiger partial charge in [0.1, 0.15) is 36.6 Å². The summed E-state index contributed by atoms with van der Waals surface area (Å²) in [5, 5.41) is 55.2. The molecule has 7 heteroatoms. The molecule has 1 aliphatic carbocycles. The van der Waals surface area contributed by atoms with E-state index in [1.807, 2.05) is 0 Å². The molecule has 1 rings (SSSR count). The number of aliphatic hydroxyl groups excluding tert-OH is 5. The molecule has 5 N–H and O–H groups in total. The molecule has 1 fully saturated rings. The van der Waals surface area contributed by atoms with E-state index < -0.39 is 36.6 Å². The van der Waals surface area contributed by atoms with E-state index in [9.17, 15) is 25.5 Å². The van der Waals surface area contributed by atoms with Gasteiger partial charge in [-0.05, 0) is 0 Å². The first-order valence-electron chi connectivity index (χ1n) is 4.89. The summed E-state index contributed by atoms with van der Waals surface area (Å²) in [5.41, 5.74) is 0. The highest BCUT2D eigenvalue weighted by atomic mass is 16.5. The molecule has 0 aromatic rings.